The quantitative estimate of drug-likeness (QED) is 0.325. The third-order valence-electron chi connectivity index (χ3n) is 4.72. The molecule has 1 unspecified atom stereocenters. The van der Waals surface area contributed by atoms with Crippen molar-refractivity contribution in [3.05, 3.63) is 57.1 Å². The van der Waals surface area contributed by atoms with Crippen LogP contribution in [-0.4, -0.2) is 42.5 Å². The number of nitro groups is 1. The van der Waals surface area contributed by atoms with E-state index in [-0.39, 0.29) is 29.5 Å². The number of nitrogens with one attached hydrogen (secondary N) is 2. The van der Waals surface area contributed by atoms with Gasteiger partial charge in [0.2, 0.25) is 5.91 Å². The summed E-state index contributed by atoms with van der Waals surface area (Å²) in [6, 6.07) is 8.34. The van der Waals surface area contributed by atoms with Gasteiger partial charge in [0.05, 0.1) is 36.7 Å². The Bertz CT molecular complexity index is 1090. The molecule has 12 heteroatoms. The number of nitrogens with zero attached hydrogens (tertiary/aromatic N) is 1. The average Bonchev–Trinajstić information content (AvgIpc) is 3.01. The highest BCUT2D eigenvalue weighted by Gasteiger charge is 2.24. The first-order chi connectivity index (χ1) is 16.2. The average molecular weight is 492 g/mol. The Balaban J connectivity index is 1.63. The zero-order chi connectivity index (χ0) is 24.7. The van der Waals surface area contributed by atoms with E-state index in [1.165, 1.54) is 19.1 Å². The van der Waals surface area contributed by atoms with Gasteiger partial charge in [-0.25, -0.2) is 0 Å². The molecule has 1 aliphatic heterocycles. The molecule has 180 valence electrons. The van der Waals surface area contributed by atoms with Crippen LogP contribution in [0, 0.1) is 10.1 Å². The highest BCUT2D eigenvalue weighted by molar-refractivity contribution is 6.30. The summed E-state index contributed by atoms with van der Waals surface area (Å²) in [6.07, 6.45) is 0.369. The summed E-state index contributed by atoms with van der Waals surface area (Å²) in [5.41, 5.74) is 0.119. The lowest BCUT2D eigenvalue weighted by Gasteiger charge is -2.18. The van der Waals surface area contributed by atoms with Crippen molar-refractivity contribution in [1.82, 2.24) is 5.32 Å². The van der Waals surface area contributed by atoms with Gasteiger partial charge in [0.25, 0.3) is 11.6 Å². The second-order valence-corrected chi connectivity index (χ2v) is 7.78. The van der Waals surface area contributed by atoms with Crippen LogP contribution in [0.4, 0.5) is 11.4 Å². The topological polar surface area (TPSA) is 146 Å². The molecule has 11 nitrogen and oxygen atoms in total. The minimum absolute atomic E-state index is 0.118. The van der Waals surface area contributed by atoms with Gasteiger partial charge in [-0.3, -0.25) is 24.5 Å². The summed E-state index contributed by atoms with van der Waals surface area (Å²) in [5.74, 6) is -1.42. The summed E-state index contributed by atoms with van der Waals surface area (Å²) in [5, 5.41) is 16.9. The fraction of sp³-hybridized carbons (Fsp3) is 0.318. The highest BCUT2D eigenvalue weighted by Crippen LogP contribution is 2.39. The van der Waals surface area contributed by atoms with Crippen LogP contribution in [0.5, 0.6) is 11.5 Å². The molecule has 0 bridgehead atoms. The molecule has 0 saturated carbocycles. The van der Waals surface area contributed by atoms with Crippen LogP contribution in [0.25, 0.3) is 0 Å². The smallest absolute Gasteiger partial charge is 0.308 e. The summed E-state index contributed by atoms with van der Waals surface area (Å²) in [7, 11) is 0. The molecule has 0 radical (unpaired) electrons. The second-order valence-electron chi connectivity index (χ2n) is 7.34. The number of fused-ring (bicyclic) bond motifs is 1. The molecular weight excluding hydrogens is 470 g/mol. The molecule has 1 atom stereocenters. The van der Waals surface area contributed by atoms with Gasteiger partial charge < -0.3 is 24.8 Å². The maximum absolute atomic E-state index is 12.3. The maximum Gasteiger partial charge on any atom is 0.308 e. The van der Waals surface area contributed by atoms with Crippen LogP contribution in [0.2, 0.25) is 5.02 Å². The van der Waals surface area contributed by atoms with Gasteiger partial charge in [-0.05, 0) is 17.7 Å². The van der Waals surface area contributed by atoms with Crippen LogP contribution in [0.1, 0.15) is 31.4 Å². The summed E-state index contributed by atoms with van der Waals surface area (Å²) in [4.78, 5) is 46.9. The summed E-state index contributed by atoms with van der Waals surface area (Å²) in [6.45, 7) is 1.34. The third-order valence-corrected chi connectivity index (χ3v) is 4.97. The normalized spacial score (nSPS) is 13.2. The van der Waals surface area contributed by atoms with Gasteiger partial charge in [-0.1, -0.05) is 23.7 Å². The Morgan fingerprint density at radius 1 is 1.15 bits per heavy atom. The second kappa shape index (κ2) is 11.3. The largest absolute Gasteiger partial charge is 0.489 e. The van der Waals surface area contributed by atoms with E-state index >= 15 is 0 Å². The predicted molar refractivity (Wildman–Crippen MR) is 121 cm³/mol. The van der Waals surface area contributed by atoms with Crippen molar-refractivity contribution in [2.45, 2.75) is 25.8 Å². The zero-order valence-electron chi connectivity index (χ0n) is 18.2. The molecule has 34 heavy (non-hydrogen) atoms. The van der Waals surface area contributed by atoms with Crippen molar-refractivity contribution >= 4 is 40.8 Å². The molecule has 0 spiro atoms. The number of carbonyl (C=O) groups is 3. The summed E-state index contributed by atoms with van der Waals surface area (Å²) >= 11 is 5.88. The minimum atomic E-state index is -0.784. The van der Waals surface area contributed by atoms with Gasteiger partial charge in [-0.15, -0.1) is 0 Å². The Hall–Kier alpha value is -3.86. The van der Waals surface area contributed by atoms with Crippen molar-refractivity contribution in [2.75, 3.05) is 25.1 Å². The molecule has 2 amide bonds. The van der Waals surface area contributed by atoms with Crippen LogP contribution in [-0.2, 0) is 19.1 Å². The summed E-state index contributed by atoms with van der Waals surface area (Å²) < 4.78 is 16.0. The first kappa shape index (κ1) is 24.8. The number of hydrogen-bond acceptors (Lipinski definition) is 8. The van der Waals surface area contributed by atoms with Crippen LogP contribution in [0.3, 0.4) is 0 Å². The molecular formula is C22H22ClN3O8. The van der Waals surface area contributed by atoms with E-state index in [1.54, 1.807) is 24.3 Å². The standard InChI is InChI=1S/C22H22ClN3O8/c1-13(27)24-16(14-3-5-15(23)6-4-14)10-22(29)34-12-21(28)25-17-9-19-20(11-18(17)26(30)31)33-8-2-7-32-19/h3-6,9,11,16H,2,7-8,10,12H2,1H3,(H,24,27)(H,25,28). The number of anilines is 1. The molecule has 2 aromatic rings. The predicted octanol–water partition coefficient (Wildman–Crippen LogP) is 3.16. The van der Waals surface area contributed by atoms with Gasteiger partial charge in [0, 0.05) is 24.4 Å². The first-order valence-corrected chi connectivity index (χ1v) is 10.7. The molecule has 1 aliphatic rings. The Morgan fingerprint density at radius 3 is 2.41 bits per heavy atom. The van der Waals surface area contributed by atoms with Crippen LogP contribution >= 0.6 is 11.6 Å². The Labute approximate surface area is 199 Å². The van der Waals surface area contributed by atoms with E-state index in [9.17, 15) is 24.5 Å². The number of nitro benzene ring substituents is 1. The number of hydrogen-bond donors (Lipinski definition) is 2. The third kappa shape index (κ3) is 6.82. The van der Waals surface area contributed by atoms with Gasteiger partial charge in [0.15, 0.2) is 18.1 Å². The van der Waals surface area contributed by atoms with E-state index in [0.717, 1.165) is 0 Å². The molecule has 0 saturated heterocycles. The number of carbonyl (C=O) groups excluding carboxylic acids is 3. The van der Waals surface area contributed by atoms with E-state index in [2.05, 4.69) is 10.6 Å². The Kier molecular flexibility index (Phi) is 8.25. The van der Waals surface area contributed by atoms with Crippen molar-refractivity contribution < 1.29 is 33.5 Å². The van der Waals surface area contributed by atoms with Crippen molar-refractivity contribution in [1.29, 1.82) is 0 Å². The number of amides is 2. The minimum Gasteiger partial charge on any atom is -0.489 e. The number of halogens is 1. The monoisotopic (exact) mass is 491 g/mol. The van der Waals surface area contributed by atoms with E-state index in [4.69, 9.17) is 25.8 Å². The molecule has 2 aromatic carbocycles. The van der Waals surface area contributed by atoms with E-state index in [1.807, 2.05) is 0 Å². The number of rotatable bonds is 8. The Morgan fingerprint density at radius 2 is 1.79 bits per heavy atom. The van der Waals surface area contributed by atoms with Crippen LogP contribution in [0.15, 0.2) is 36.4 Å². The molecule has 3 rings (SSSR count). The SMILES string of the molecule is CC(=O)NC(CC(=O)OCC(=O)Nc1cc2c(cc1[N+](=O)[O-])OCCCO2)c1ccc(Cl)cc1. The lowest BCUT2D eigenvalue weighted by atomic mass is 10.0. The lowest BCUT2D eigenvalue weighted by molar-refractivity contribution is -0.384. The van der Waals surface area contributed by atoms with Gasteiger partial charge in [0.1, 0.15) is 5.69 Å². The molecule has 0 aliphatic carbocycles. The maximum atomic E-state index is 12.3. The number of benzene rings is 2. The van der Waals surface area contributed by atoms with E-state index in [0.29, 0.717) is 30.2 Å². The molecule has 1 heterocycles. The fourth-order valence-electron chi connectivity index (χ4n) is 3.20. The number of ether oxygens (including phenoxy) is 3. The van der Waals surface area contributed by atoms with Crippen LogP contribution < -0.4 is 20.1 Å². The van der Waals surface area contributed by atoms with Gasteiger partial charge in [-0.2, -0.15) is 0 Å². The molecule has 2 N–H and O–H groups in total. The fourth-order valence-corrected chi connectivity index (χ4v) is 3.33. The van der Waals surface area contributed by atoms with Crippen molar-refractivity contribution in [3.8, 4) is 11.5 Å². The lowest BCUT2D eigenvalue weighted by Crippen LogP contribution is -2.29. The van der Waals surface area contributed by atoms with Crippen molar-refractivity contribution in [2.24, 2.45) is 0 Å². The number of esters is 1. The van der Waals surface area contributed by atoms with Crippen molar-refractivity contribution in [3.63, 3.8) is 0 Å². The molecule has 0 aromatic heterocycles. The molecule has 0 fully saturated rings. The zero-order valence-corrected chi connectivity index (χ0v) is 18.9. The highest BCUT2D eigenvalue weighted by atomic mass is 35.5. The van der Waals surface area contributed by atoms with E-state index < -0.39 is 35.1 Å². The first-order valence-electron chi connectivity index (χ1n) is 10.3. The van der Waals surface area contributed by atoms with Gasteiger partial charge >= 0.3 is 5.97 Å².